The first-order valence-electron chi connectivity index (χ1n) is 10.0. The van der Waals surface area contributed by atoms with E-state index in [4.69, 9.17) is 0 Å². The van der Waals surface area contributed by atoms with Gasteiger partial charge in [-0.15, -0.1) is 0 Å². The molecule has 1 amide bonds. The third kappa shape index (κ3) is 4.10. The predicted molar refractivity (Wildman–Crippen MR) is 109 cm³/mol. The molecule has 1 aromatic carbocycles. The molecule has 3 aromatic rings. The van der Waals surface area contributed by atoms with Crippen LogP contribution in [0, 0.1) is 17.5 Å². The van der Waals surface area contributed by atoms with Crippen LogP contribution in [0.1, 0.15) is 48.7 Å². The average Bonchev–Trinajstić information content (AvgIpc) is 3.35. The highest BCUT2D eigenvalue weighted by molar-refractivity contribution is 6.01. The quantitative estimate of drug-likeness (QED) is 0.647. The number of benzene rings is 1. The van der Waals surface area contributed by atoms with E-state index < -0.39 is 35.0 Å². The van der Waals surface area contributed by atoms with Crippen molar-refractivity contribution in [2.45, 2.75) is 38.3 Å². The minimum absolute atomic E-state index is 0.0163. The van der Waals surface area contributed by atoms with E-state index in [1.165, 1.54) is 23.0 Å². The van der Waals surface area contributed by atoms with E-state index in [0.717, 1.165) is 18.2 Å². The van der Waals surface area contributed by atoms with Gasteiger partial charge in [0.05, 0.1) is 29.1 Å². The fraction of sp³-hybridized carbons (Fsp3) is 0.364. The summed E-state index contributed by atoms with van der Waals surface area (Å²) < 4.78 is 45.0. The molecular formula is C22H23F3N4O2. The number of rotatable bonds is 5. The number of hydrogen-bond donors (Lipinski definition) is 2. The number of carbonyl (C=O) groups excluding carboxylic acids is 1. The second kappa shape index (κ2) is 7.88. The van der Waals surface area contributed by atoms with Crippen LogP contribution < -0.4 is 10.2 Å². The first-order valence-corrected chi connectivity index (χ1v) is 10.0. The third-order valence-corrected chi connectivity index (χ3v) is 5.41. The Bertz CT molecular complexity index is 1140. The third-order valence-electron chi connectivity index (χ3n) is 5.41. The normalized spacial score (nSPS) is 16.8. The molecule has 2 N–H and O–H groups in total. The van der Waals surface area contributed by atoms with Crippen molar-refractivity contribution in [3.05, 3.63) is 65.2 Å². The van der Waals surface area contributed by atoms with Gasteiger partial charge in [0.15, 0.2) is 5.82 Å². The average molecular weight is 432 g/mol. The number of fused-ring (bicyclic) bond motifs is 1. The standard InChI is InChI=1S/C22H23F3N4O2/c1-22(2,31)12-26-21(30)15-11-27-29-9-7-18(19(25)20(15)29)28-8-3-4-17(28)14-10-13(23)5-6-16(14)24/h5-7,9-11,17,31H,3-4,8,12H2,1-2H3,(H,26,30). The molecule has 0 radical (unpaired) electrons. The van der Waals surface area contributed by atoms with E-state index in [-0.39, 0.29) is 28.9 Å². The van der Waals surface area contributed by atoms with E-state index in [1.54, 1.807) is 18.7 Å². The molecule has 1 aliphatic rings. The molecule has 6 nitrogen and oxygen atoms in total. The summed E-state index contributed by atoms with van der Waals surface area (Å²) in [5, 5.41) is 16.4. The molecule has 1 unspecified atom stereocenters. The molecule has 9 heteroatoms. The summed E-state index contributed by atoms with van der Waals surface area (Å²) in [6.07, 6.45) is 4.01. The second-order valence-corrected chi connectivity index (χ2v) is 8.38. The molecule has 0 saturated carbocycles. The fourth-order valence-corrected chi connectivity index (χ4v) is 3.96. The van der Waals surface area contributed by atoms with Crippen molar-refractivity contribution in [2.75, 3.05) is 18.0 Å². The highest BCUT2D eigenvalue weighted by atomic mass is 19.1. The smallest absolute Gasteiger partial charge is 0.255 e. The van der Waals surface area contributed by atoms with Crippen molar-refractivity contribution in [1.82, 2.24) is 14.9 Å². The number of nitrogens with zero attached hydrogens (tertiary/aromatic N) is 3. The fourth-order valence-electron chi connectivity index (χ4n) is 3.96. The summed E-state index contributed by atoms with van der Waals surface area (Å²) in [6.45, 7) is 3.53. The summed E-state index contributed by atoms with van der Waals surface area (Å²) >= 11 is 0. The Hall–Kier alpha value is -3.07. The highest BCUT2D eigenvalue weighted by Crippen LogP contribution is 2.39. The zero-order chi connectivity index (χ0) is 22.3. The number of aliphatic hydroxyl groups is 1. The Balaban J connectivity index is 1.72. The Morgan fingerprint density at radius 1 is 1.29 bits per heavy atom. The van der Waals surface area contributed by atoms with Gasteiger partial charge in [0.1, 0.15) is 17.2 Å². The van der Waals surface area contributed by atoms with E-state index in [2.05, 4.69) is 10.4 Å². The number of hydrogen-bond acceptors (Lipinski definition) is 4. The maximum atomic E-state index is 15.6. The maximum absolute atomic E-state index is 15.6. The lowest BCUT2D eigenvalue weighted by Gasteiger charge is -2.28. The number of anilines is 1. The van der Waals surface area contributed by atoms with Gasteiger partial charge in [0.2, 0.25) is 0 Å². The van der Waals surface area contributed by atoms with Gasteiger partial charge in [0, 0.05) is 24.8 Å². The monoisotopic (exact) mass is 432 g/mol. The van der Waals surface area contributed by atoms with E-state index in [0.29, 0.717) is 19.4 Å². The Kier molecular flexibility index (Phi) is 5.38. The van der Waals surface area contributed by atoms with Crippen LogP contribution in [0.25, 0.3) is 5.52 Å². The van der Waals surface area contributed by atoms with Gasteiger partial charge in [-0.05, 0) is 51.0 Å². The van der Waals surface area contributed by atoms with Crippen LogP contribution in [0.4, 0.5) is 18.9 Å². The molecule has 164 valence electrons. The molecule has 1 aliphatic heterocycles. The van der Waals surface area contributed by atoms with Gasteiger partial charge in [-0.3, -0.25) is 4.79 Å². The van der Waals surface area contributed by atoms with Crippen molar-refractivity contribution >= 4 is 17.1 Å². The second-order valence-electron chi connectivity index (χ2n) is 8.38. The largest absolute Gasteiger partial charge is 0.389 e. The van der Waals surface area contributed by atoms with Crippen LogP contribution in [-0.2, 0) is 0 Å². The summed E-state index contributed by atoms with van der Waals surface area (Å²) in [5.74, 6) is -2.34. The Morgan fingerprint density at radius 2 is 2.06 bits per heavy atom. The van der Waals surface area contributed by atoms with Crippen LogP contribution in [0.3, 0.4) is 0 Å². The molecule has 3 heterocycles. The zero-order valence-electron chi connectivity index (χ0n) is 17.2. The first-order chi connectivity index (χ1) is 14.7. The van der Waals surface area contributed by atoms with Gasteiger partial charge in [-0.1, -0.05) is 0 Å². The molecule has 1 saturated heterocycles. The van der Waals surface area contributed by atoms with Crippen molar-refractivity contribution < 1.29 is 23.1 Å². The number of pyridine rings is 1. The van der Waals surface area contributed by atoms with E-state index >= 15 is 4.39 Å². The van der Waals surface area contributed by atoms with Gasteiger partial charge >= 0.3 is 0 Å². The van der Waals surface area contributed by atoms with Crippen LogP contribution in [-0.4, -0.2) is 39.3 Å². The van der Waals surface area contributed by atoms with Crippen LogP contribution in [0.2, 0.25) is 0 Å². The lowest BCUT2D eigenvalue weighted by molar-refractivity contribution is 0.0695. The molecule has 0 spiro atoms. The number of amides is 1. The number of nitrogens with one attached hydrogen (secondary N) is 1. The molecule has 0 aliphatic carbocycles. The maximum Gasteiger partial charge on any atom is 0.255 e. The van der Waals surface area contributed by atoms with Crippen molar-refractivity contribution in [2.24, 2.45) is 0 Å². The predicted octanol–water partition coefficient (Wildman–Crippen LogP) is 3.59. The summed E-state index contributed by atoms with van der Waals surface area (Å²) in [4.78, 5) is 14.3. The van der Waals surface area contributed by atoms with E-state index in [9.17, 15) is 18.7 Å². The Morgan fingerprint density at radius 3 is 2.81 bits per heavy atom. The molecular weight excluding hydrogens is 409 g/mol. The molecule has 4 rings (SSSR count). The lowest BCUT2D eigenvalue weighted by atomic mass is 10.0. The first kappa shape index (κ1) is 21.2. The Labute approximate surface area is 177 Å². The van der Waals surface area contributed by atoms with Crippen molar-refractivity contribution in [1.29, 1.82) is 0 Å². The van der Waals surface area contributed by atoms with Crippen LogP contribution >= 0.6 is 0 Å². The summed E-state index contributed by atoms with van der Waals surface area (Å²) in [6, 6.07) is 4.26. The highest BCUT2D eigenvalue weighted by Gasteiger charge is 2.32. The van der Waals surface area contributed by atoms with Crippen LogP contribution in [0.5, 0.6) is 0 Å². The molecule has 2 aromatic heterocycles. The lowest BCUT2D eigenvalue weighted by Crippen LogP contribution is -2.38. The molecule has 1 fully saturated rings. The minimum atomic E-state index is -1.12. The van der Waals surface area contributed by atoms with Crippen LogP contribution in [0.15, 0.2) is 36.7 Å². The minimum Gasteiger partial charge on any atom is -0.389 e. The van der Waals surface area contributed by atoms with Gasteiger partial charge in [-0.2, -0.15) is 5.10 Å². The SMILES string of the molecule is CC(C)(O)CNC(=O)c1cnn2ccc(N3CCCC3c3cc(F)ccc3F)c(F)c12. The number of halogens is 3. The van der Waals surface area contributed by atoms with Gasteiger partial charge < -0.3 is 15.3 Å². The summed E-state index contributed by atoms with van der Waals surface area (Å²) in [5.41, 5.74) is -0.753. The molecule has 31 heavy (non-hydrogen) atoms. The number of carbonyl (C=O) groups is 1. The number of aromatic nitrogens is 2. The van der Waals surface area contributed by atoms with Crippen molar-refractivity contribution in [3.63, 3.8) is 0 Å². The molecule has 1 atom stereocenters. The van der Waals surface area contributed by atoms with Gasteiger partial charge in [-0.25, -0.2) is 17.7 Å². The summed E-state index contributed by atoms with van der Waals surface area (Å²) in [7, 11) is 0. The zero-order valence-corrected chi connectivity index (χ0v) is 17.2. The van der Waals surface area contributed by atoms with E-state index in [1.807, 2.05) is 0 Å². The van der Waals surface area contributed by atoms with Crippen molar-refractivity contribution in [3.8, 4) is 0 Å². The topological polar surface area (TPSA) is 69.9 Å². The van der Waals surface area contributed by atoms with Gasteiger partial charge in [0.25, 0.3) is 5.91 Å². The molecule has 0 bridgehead atoms.